The summed E-state index contributed by atoms with van der Waals surface area (Å²) >= 11 is 6.10. The Hall–Kier alpha value is -3.33. The lowest BCUT2D eigenvalue weighted by molar-refractivity contribution is 0.0735. The van der Waals surface area contributed by atoms with E-state index >= 15 is 0 Å². The molecule has 0 spiro atoms. The molecular weight excluding hydrogens is 404 g/mol. The third kappa shape index (κ3) is 3.81. The average Bonchev–Trinajstić information content (AvgIpc) is 3.33. The molecule has 10 heteroatoms. The molecule has 4 rings (SSSR count). The van der Waals surface area contributed by atoms with Crippen LogP contribution < -0.4 is 0 Å². The highest BCUT2D eigenvalue weighted by molar-refractivity contribution is 6.33. The molecule has 0 atom stereocenters. The molecule has 0 saturated carbocycles. The topological polar surface area (TPSA) is 78.3 Å². The van der Waals surface area contributed by atoms with Crippen molar-refractivity contribution < 1.29 is 18.1 Å². The van der Waals surface area contributed by atoms with E-state index < -0.39 is 6.55 Å². The van der Waals surface area contributed by atoms with Crippen molar-refractivity contribution in [1.29, 1.82) is 0 Å². The van der Waals surface area contributed by atoms with Crippen molar-refractivity contribution in [3.05, 3.63) is 65.2 Å². The standard InChI is InChI=1S/C19H14ClF2N5O2/c1-11(17-23-14-8-4-5-9-15(14)27(17)19(21)22)25-28-10-16-24-18(29-26-16)12-6-2-3-7-13(12)20/h2-9,19H,10H2,1H3. The Labute approximate surface area is 168 Å². The van der Waals surface area contributed by atoms with E-state index in [4.69, 9.17) is 21.0 Å². The van der Waals surface area contributed by atoms with E-state index in [0.717, 1.165) is 4.57 Å². The number of fused-ring (bicyclic) bond motifs is 1. The molecule has 0 aliphatic heterocycles. The Morgan fingerprint density at radius 1 is 1.17 bits per heavy atom. The third-order valence-corrected chi connectivity index (χ3v) is 4.41. The van der Waals surface area contributed by atoms with Crippen LogP contribution in [-0.4, -0.2) is 25.4 Å². The van der Waals surface area contributed by atoms with Crippen LogP contribution in [0.1, 0.15) is 25.1 Å². The van der Waals surface area contributed by atoms with E-state index in [1.165, 1.54) is 6.92 Å². The molecule has 148 valence electrons. The normalized spacial score (nSPS) is 12.1. The van der Waals surface area contributed by atoms with E-state index in [1.54, 1.807) is 48.5 Å². The molecular formula is C19H14ClF2N5O2. The largest absolute Gasteiger partial charge is 0.387 e. The van der Waals surface area contributed by atoms with Gasteiger partial charge in [0.15, 0.2) is 12.4 Å². The number of hydrogen-bond acceptors (Lipinski definition) is 6. The molecule has 2 heterocycles. The van der Waals surface area contributed by atoms with Gasteiger partial charge in [-0.1, -0.05) is 46.2 Å². The molecule has 2 aromatic heterocycles. The van der Waals surface area contributed by atoms with E-state index in [2.05, 4.69) is 20.3 Å². The van der Waals surface area contributed by atoms with Gasteiger partial charge in [0, 0.05) is 0 Å². The zero-order valence-corrected chi connectivity index (χ0v) is 15.8. The summed E-state index contributed by atoms with van der Waals surface area (Å²) < 4.78 is 33.0. The van der Waals surface area contributed by atoms with Gasteiger partial charge in [0.1, 0.15) is 5.71 Å². The minimum atomic E-state index is -2.77. The number of benzene rings is 2. The van der Waals surface area contributed by atoms with Crippen molar-refractivity contribution in [2.24, 2.45) is 5.16 Å². The molecule has 0 N–H and O–H groups in total. The summed E-state index contributed by atoms with van der Waals surface area (Å²) in [5.41, 5.74) is 1.55. The van der Waals surface area contributed by atoms with Crippen LogP contribution in [0.3, 0.4) is 0 Å². The van der Waals surface area contributed by atoms with Crippen LogP contribution in [-0.2, 0) is 11.4 Å². The first kappa shape index (κ1) is 19.0. The van der Waals surface area contributed by atoms with Gasteiger partial charge in [-0.2, -0.15) is 13.8 Å². The fourth-order valence-corrected chi connectivity index (χ4v) is 3.00. The third-order valence-electron chi connectivity index (χ3n) is 4.08. The number of aromatic nitrogens is 4. The number of para-hydroxylation sites is 2. The van der Waals surface area contributed by atoms with Crippen LogP contribution in [0, 0.1) is 0 Å². The molecule has 0 saturated heterocycles. The second-order valence-corrected chi connectivity index (χ2v) is 6.42. The molecule has 29 heavy (non-hydrogen) atoms. The van der Waals surface area contributed by atoms with Gasteiger partial charge in [0.25, 0.3) is 5.89 Å². The maximum absolute atomic E-state index is 13.5. The number of oxime groups is 1. The van der Waals surface area contributed by atoms with Crippen molar-refractivity contribution in [2.45, 2.75) is 20.1 Å². The molecule has 4 aromatic rings. The first-order valence-corrected chi connectivity index (χ1v) is 8.92. The Bertz CT molecular complexity index is 1190. The number of halogens is 3. The summed E-state index contributed by atoms with van der Waals surface area (Å²) in [6.07, 6.45) is 0. The first-order valence-electron chi connectivity index (χ1n) is 8.54. The highest BCUT2D eigenvalue weighted by Crippen LogP contribution is 2.26. The summed E-state index contributed by atoms with van der Waals surface area (Å²) in [4.78, 5) is 13.6. The van der Waals surface area contributed by atoms with Gasteiger partial charge in [-0.15, -0.1) is 0 Å². The molecule has 0 aliphatic carbocycles. The fraction of sp³-hybridized carbons (Fsp3) is 0.158. The maximum Gasteiger partial charge on any atom is 0.320 e. The summed E-state index contributed by atoms with van der Waals surface area (Å²) in [5.74, 6) is 0.499. The molecule has 0 radical (unpaired) electrons. The van der Waals surface area contributed by atoms with Crippen LogP contribution in [0.15, 0.2) is 58.2 Å². The van der Waals surface area contributed by atoms with Crippen molar-refractivity contribution in [1.82, 2.24) is 19.7 Å². The highest BCUT2D eigenvalue weighted by atomic mass is 35.5. The lowest BCUT2D eigenvalue weighted by Gasteiger charge is -2.07. The molecule has 0 unspecified atom stereocenters. The van der Waals surface area contributed by atoms with Crippen LogP contribution in [0.25, 0.3) is 22.5 Å². The van der Waals surface area contributed by atoms with Crippen molar-refractivity contribution in [3.8, 4) is 11.5 Å². The fourth-order valence-electron chi connectivity index (χ4n) is 2.78. The van der Waals surface area contributed by atoms with Gasteiger partial charge in [0.2, 0.25) is 5.82 Å². The second-order valence-electron chi connectivity index (χ2n) is 6.02. The maximum atomic E-state index is 13.5. The quantitative estimate of drug-likeness (QED) is 0.323. The van der Waals surface area contributed by atoms with E-state index in [-0.39, 0.29) is 29.9 Å². The van der Waals surface area contributed by atoms with Crippen LogP contribution in [0.5, 0.6) is 0 Å². The minimum absolute atomic E-state index is 0.0195. The molecule has 0 aliphatic rings. The predicted octanol–water partition coefficient (Wildman–Crippen LogP) is 5.08. The Balaban J connectivity index is 1.51. The number of alkyl halides is 2. The number of rotatable bonds is 6. The smallest absolute Gasteiger partial charge is 0.320 e. The lowest BCUT2D eigenvalue weighted by atomic mass is 10.2. The number of nitrogens with zero attached hydrogens (tertiary/aromatic N) is 5. The monoisotopic (exact) mass is 417 g/mol. The highest BCUT2D eigenvalue weighted by Gasteiger charge is 2.20. The van der Waals surface area contributed by atoms with Crippen molar-refractivity contribution in [2.75, 3.05) is 0 Å². The van der Waals surface area contributed by atoms with E-state index in [0.29, 0.717) is 21.6 Å². The van der Waals surface area contributed by atoms with Gasteiger partial charge in [-0.25, -0.2) is 4.98 Å². The predicted molar refractivity (Wildman–Crippen MR) is 103 cm³/mol. The molecule has 0 fully saturated rings. The van der Waals surface area contributed by atoms with Crippen molar-refractivity contribution in [3.63, 3.8) is 0 Å². The first-order chi connectivity index (χ1) is 14.0. The summed E-state index contributed by atoms with van der Waals surface area (Å²) in [6, 6.07) is 13.7. The van der Waals surface area contributed by atoms with Gasteiger partial charge in [-0.3, -0.25) is 4.57 Å². The molecule has 7 nitrogen and oxygen atoms in total. The average molecular weight is 418 g/mol. The molecule has 0 bridgehead atoms. The number of hydrogen-bond donors (Lipinski definition) is 0. The minimum Gasteiger partial charge on any atom is -0.387 e. The second kappa shape index (κ2) is 7.96. The van der Waals surface area contributed by atoms with Crippen LogP contribution in [0.2, 0.25) is 5.02 Å². The van der Waals surface area contributed by atoms with Gasteiger partial charge >= 0.3 is 6.55 Å². The van der Waals surface area contributed by atoms with E-state index in [9.17, 15) is 8.78 Å². The van der Waals surface area contributed by atoms with E-state index in [1.807, 2.05) is 0 Å². The number of imidazole rings is 1. The Morgan fingerprint density at radius 3 is 2.72 bits per heavy atom. The zero-order valence-electron chi connectivity index (χ0n) is 15.1. The lowest BCUT2D eigenvalue weighted by Crippen LogP contribution is -2.10. The summed E-state index contributed by atoms with van der Waals surface area (Å²) in [6.45, 7) is -1.34. The van der Waals surface area contributed by atoms with Gasteiger partial charge in [-0.05, 0) is 31.2 Å². The van der Waals surface area contributed by atoms with Crippen molar-refractivity contribution >= 4 is 28.3 Å². The van der Waals surface area contributed by atoms with Gasteiger partial charge in [0.05, 0.1) is 21.6 Å². The Kier molecular flexibility index (Phi) is 5.22. The SMILES string of the molecule is CC(=NOCc1noc(-c2ccccc2Cl)n1)c1nc2ccccc2n1C(F)F. The van der Waals surface area contributed by atoms with Gasteiger partial charge < -0.3 is 9.36 Å². The van der Waals surface area contributed by atoms with Crippen LogP contribution in [0.4, 0.5) is 8.78 Å². The summed E-state index contributed by atoms with van der Waals surface area (Å²) in [5, 5.41) is 8.16. The van der Waals surface area contributed by atoms with Crippen LogP contribution >= 0.6 is 11.6 Å². The zero-order chi connectivity index (χ0) is 20.4. The molecule has 0 amide bonds. The Morgan fingerprint density at radius 2 is 1.93 bits per heavy atom. The summed E-state index contributed by atoms with van der Waals surface area (Å²) in [7, 11) is 0. The molecule has 2 aromatic carbocycles.